The van der Waals surface area contributed by atoms with Crippen LogP contribution in [0.25, 0.3) is 0 Å². The molecule has 5 rings (SSSR count). The Bertz CT molecular complexity index is 1180. The van der Waals surface area contributed by atoms with Crippen molar-refractivity contribution in [3.05, 3.63) is 86.8 Å². The Hall–Kier alpha value is -2.63. The number of halogens is 1. The van der Waals surface area contributed by atoms with Gasteiger partial charge in [0.25, 0.3) is 5.56 Å². The maximum absolute atomic E-state index is 13.1. The van der Waals surface area contributed by atoms with Crippen molar-refractivity contribution >= 4 is 23.2 Å². The van der Waals surface area contributed by atoms with Crippen LogP contribution in [-0.2, 0) is 13.5 Å². The fourth-order valence-corrected chi connectivity index (χ4v) is 5.58. The van der Waals surface area contributed by atoms with E-state index in [0.29, 0.717) is 17.8 Å². The van der Waals surface area contributed by atoms with Crippen molar-refractivity contribution in [3.8, 4) is 0 Å². The average molecular weight is 449 g/mol. The number of nitrogens with zero attached hydrogens (tertiary/aromatic N) is 3. The van der Waals surface area contributed by atoms with Crippen molar-refractivity contribution < 1.29 is 0 Å². The molecule has 1 N–H and O–H groups in total. The SMILES string of the molecule is Cc1nc(Nc2ccccc2)n(C)c(=O)c1CCN1CC2CC(c3cccc(Cl)c3)C2C1. The second-order valence-corrected chi connectivity index (χ2v) is 9.62. The smallest absolute Gasteiger partial charge is 0.258 e. The second-order valence-electron chi connectivity index (χ2n) is 9.19. The highest BCUT2D eigenvalue weighted by molar-refractivity contribution is 6.30. The standard InChI is InChI=1S/C26H29ClN4O/c1-17-22(25(32)30(2)26(28-17)29-21-9-4-3-5-10-21)11-12-31-15-19-14-23(24(19)16-31)18-7-6-8-20(27)13-18/h3-10,13,19,23-24H,11-12,14-16H2,1-2H3,(H,28,29). The van der Waals surface area contributed by atoms with E-state index in [4.69, 9.17) is 16.6 Å². The Labute approximate surface area is 194 Å². The molecule has 2 aromatic carbocycles. The van der Waals surface area contributed by atoms with Crippen LogP contribution in [0.2, 0.25) is 5.02 Å². The van der Waals surface area contributed by atoms with Gasteiger partial charge in [-0.25, -0.2) is 4.98 Å². The number of nitrogens with one attached hydrogen (secondary N) is 1. The van der Waals surface area contributed by atoms with E-state index in [2.05, 4.69) is 28.4 Å². The fourth-order valence-electron chi connectivity index (χ4n) is 5.38. The Kier molecular flexibility index (Phi) is 5.78. The number of anilines is 2. The lowest BCUT2D eigenvalue weighted by Crippen LogP contribution is -2.33. The lowest BCUT2D eigenvalue weighted by Gasteiger charge is -2.40. The molecule has 1 saturated carbocycles. The van der Waals surface area contributed by atoms with Gasteiger partial charge < -0.3 is 10.2 Å². The molecular formula is C26H29ClN4O. The number of hydrogen-bond donors (Lipinski definition) is 1. The molecule has 1 aliphatic carbocycles. The highest BCUT2D eigenvalue weighted by Crippen LogP contribution is 2.51. The first-order valence-electron chi connectivity index (χ1n) is 11.4. The predicted molar refractivity (Wildman–Crippen MR) is 130 cm³/mol. The Balaban J connectivity index is 1.24. The largest absolute Gasteiger partial charge is 0.326 e. The highest BCUT2D eigenvalue weighted by Gasteiger charge is 2.47. The van der Waals surface area contributed by atoms with Crippen LogP contribution in [-0.4, -0.2) is 34.1 Å². The molecule has 3 unspecified atom stereocenters. The molecule has 32 heavy (non-hydrogen) atoms. The van der Waals surface area contributed by atoms with Gasteiger partial charge in [-0.05, 0) is 67.3 Å². The molecule has 6 heteroatoms. The van der Waals surface area contributed by atoms with E-state index in [1.165, 1.54) is 12.0 Å². The van der Waals surface area contributed by atoms with Crippen molar-refractivity contribution in [1.29, 1.82) is 0 Å². The number of para-hydroxylation sites is 1. The summed E-state index contributed by atoms with van der Waals surface area (Å²) in [5.41, 5.74) is 3.96. The molecule has 0 bridgehead atoms. The number of aryl methyl sites for hydroxylation is 1. The number of likely N-dealkylation sites (tertiary alicyclic amines) is 1. The van der Waals surface area contributed by atoms with Gasteiger partial charge in [-0.15, -0.1) is 0 Å². The lowest BCUT2D eigenvalue weighted by atomic mass is 9.64. The summed E-state index contributed by atoms with van der Waals surface area (Å²) >= 11 is 6.21. The van der Waals surface area contributed by atoms with Crippen LogP contribution >= 0.6 is 11.6 Å². The first kappa shape index (κ1) is 21.2. The first-order chi connectivity index (χ1) is 15.5. The summed E-state index contributed by atoms with van der Waals surface area (Å²) in [5.74, 6) is 2.65. The van der Waals surface area contributed by atoms with Crippen molar-refractivity contribution in [2.75, 3.05) is 25.0 Å². The first-order valence-corrected chi connectivity index (χ1v) is 11.7. The van der Waals surface area contributed by atoms with E-state index in [-0.39, 0.29) is 5.56 Å². The number of hydrogen-bond acceptors (Lipinski definition) is 4. The van der Waals surface area contributed by atoms with Gasteiger partial charge in [0.05, 0.1) is 5.69 Å². The molecule has 3 atom stereocenters. The summed E-state index contributed by atoms with van der Waals surface area (Å²) in [6.07, 6.45) is 1.97. The monoisotopic (exact) mass is 448 g/mol. The molecule has 1 saturated heterocycles. The van der Waals surface area contributed by atoms with Crippen molar-refractivity contribution in [2.24, 2.45) is 18.9 Å². The van der Waals surface area contributed by atoms with Crippen LogP contribution in [0.15, 0.2) is 59.4 Å². The number of benzene rings is 2. The highest BCUT2D eigenvalue weighted by atomic mass is 35.5. The molecule has 2 aliphatic rings. The minimum absolute atomic E-state index is 0.0369. The molecular weight excluding hydrogens is 420 g/mol. The average Bonchev–Trinajstić information content (AvgIpc) is 3.08. The van der Waals surface area contributed by atoms with Gasteiger partial charge >= 0.3 is 0 Å². The predicted octanol–water partition coefficient (Wildman–Crippen LogP) is 4.76. The Morgan fingerprint density at radius 2 is 1.94 bits per heavy atom. The minimum atomic E-state index is 0.0369. The summed E-state index contributed by atoms with van der Waals surface area (Å²) in [5, 5.41) is 4.08. The van der Waals surface area contributed by atoms with Crippen LogP contribution in [0.1, 0.15) is 29.2 Å². The van der Waals surface area contributed by atoms with E-state index in [9.17, 15) is 4.79 Å². The molecule has 2 heterocycles. The van der Waals surface area contributed by atoms with Crippen molar-refractivity contribution in [3.63, 3.8) is 0 Å². The third kappa shape index (κ3) is 4.07. The van der Waals surface area contributed by atoms with E-state index in [0.717, 1.165) is 53.9 Å². The van der Waals surface area contributed by atoms with Gasteiger partial charge in [-0.3, -0.25) is 9.36 Å². The van der Waals surface area contributed by atoms with Crippen molar-refractivity contribution in [1.82, 2.24) is 14.5 Å². The third-order valence-corrected chi connectivity index (χ3v) is 7.45. The topological polar surface area (TPSA) is 50.2 Å². The van der Waals surface area contributed by atoms with Gasteiger partial charge in [0.2, 0.25) is 5.95 Å². The summed E-state index contributed by atoms with van der Waals surface area (Å²) < 4.78 is 1.62. The van der Waals surface area contributed by atoms with E-state index >= 15 is 0 Å². The maximum Gasteiger partial charge on any atom is 0.258 e. The van der Waals surface area contributed by atoms with Crippen LogP contribution in [0.3, 0.4) is 0 Å². The van der Waals surface area contributed by atoms with E-state index in [1.807, 2.05) is 43.3 Å². The zero-order chi connectivity index (χ0) is 22.2. The van der Waals surface area contributed by atoms with Gasteiger partial charge in [-0.1, -0.05) is 41.9 Å². The van der Waals surface area contributed by atoms with E-state index < -0.39 is 0 Å². The number of rotatable bonds is 6. The second kappa shape index (κ2) is 8.72. The molecule has 3 aromatic rings. The van der Waals surface area contributed by atoms with Crippen LogP contribution in [0.5, 0.6) is 0 Å². The number of aromatic nitrogens is 2. The van der Waals surface area contributed by atoms with Gasteiger partial charge in [0.1, 0.15) is 0 Å². The summed E-state index contributed by atoms with van der Waals surface area (Å²) in [7, 11) is 1.79. The van der Waals surface area contributed by atoms with Crippen LogP contribution in [0, 0.1) is 18.8 Å². The molecule has 1 aromatic heterocycles. The molecule has 0 amide bonds. The van der Waals surface area contributed by atoms with Gasteiger partial charge in [0, 0.05) is 43.0 Å². The Morgan fingerprint density at radius 1 is 1.12 bits per heavy atom. The van der Waals surface area contributed by atoms with Crippen LogP contribution in [0.4, 0.5) is 11.6 Å². The minimum Gasteiger partial charge on any atom is -0.326 e. The van der Waals surface area contributed by atoms with E-state index in [1.54, 1.807) is 11.6 Å². The molecule has 166 valence electrons. The number of fused-ring (bicyclic) bond motifs is 1. The fraction of sp³-hybridized carbons (Fsp3) is 0.385. The maximum atomic E-state index is 13.1. The Morgan fingerprint density at radius 3 is 2.72 bits per heavy atom. The normalized spacial score (nSPS) is 22.4. The zero-order valence-corrected chi connectivity index (χ0v) is 19.3. The van der Waals surface area contributed by atoms with Crippen LogP contribution < -0.4 is 10.9 Å². The lowest BCUT2D eigenvalue weighted by molar-refractivity contribution is 0.191. The van der Waals surface area contributed by atoms with Crippen molar-refractivity contribution in [2.45, 2.75) is 25.7 Å². The summed E-state index contributed by atoms with van der Waals surface area (Å²) in [4.78, 5) is 20.3. The summed E-state index contributed by atoms with van der Waals surface area (Å²) in [6.45, 7) is 5.07. The molecule has 0 radical (unpaired) electrons. The van der Waals surface area contributed by atoms with Gasteiger partial charge in [-0.2, -0.15) is 0 Å². The van der Waals surface area contributed by atoms with Gasteiger partial charge in [0.15, 0.2) is 0 Å². The zero-order valence-electron chi connectivity index (χ0n) is 18.6. The quantitative estimate of drug-likeness (QED) is 0.590. The molecule has 0 spiro atoms. The molecule has 5 nitrogen and oxygen atoms in total. The molecule has 1 aliphatic heterocycles. The molecule has 2 fully saturated rings. The summed E-state index contributed by atoms with van der Waals surface area (Å²) in [6, 6.07) is 18.1. The third-order valence-electron chi connectivity index (χ3n) is 7.22.